The Bertz CT molecular complexity index is 480. The second-order valence-electron chi connectivity index (χ2n) is 4.43. The summed E-state index contributed by atoms with van der Waals surface area (Å²) in [6.07, 6.45) is 2.14. The first kappa shape index (κ1) is 14.0. The van der Waals surface area contributed by atoms with Crippen LogP contribution >= 0.6 is 0 Å². The number of rotatable bonds is 4. The Morgan fingerprint density at radius 3 is 2.72 bits per heavy atom. The molecule has 100 valence electrons. The van der Waals surface area contributed by atoms with E-state index >= 15 is 0 Å². The fraction of sp³-hybridized carbons (Fsp3) is 0.545. The summed E-state index contributed by atoms with van der Waals surface area (Å²) in [6, 6.07) is 0. The van der Waals surface area contributed by atoms with Crippen molar-refractivity contribution in [1.82, 2.24) is 15.1 Å². The second-order valence-corrected chi connectivity index (χ2v) is 4.43. The van der Waals surface area contributed by atoms with Gasteiger partial charge in [-0.25, -0.2) is 0 Å². The molecule has 1 amide bonds. The van der Waals surface area contributed by atoms with Gasteiger partial charge in [0.25, 0.3) is 5.91 Å². The molecule has 1 atom stereocenters. The molecular weight excluding hydrogens is 234 g/mol. The summed E-state index contributed by atoms with van der Waals surface area (Å²) in [7, 11) is 1.74. The molecule has 0 spiro atoms. The third-order valence-electron chi connectivity index (χ3n) is 3.03. The smallest absolute Gasteiger partial charge is 0.255 e. The quantitative estimate of drug-likeness (QED) is 0.312. The molecule has 4 N–H and O–H groups in total. The van der Waals surface area contributed by atoms with Crippen molar-refractivity contribution in [2.45, 2.75) is 32.7 Å². The summed E-state index contributed by atoms with van der Waals surface area (Å²) in [5, 5.41) is 18.6. The minimum absolute atomic E-state index is 0.0279. The molecular formula is C11H19N5O2. The van der Waals surface area contributed by atoms with Gasteiger partial charge in [0.15, 0.2) is 5.84 Å². The average Bonchev–Trinajstić information content (AvgIpc) is 2.67. The zero-order valence-corrected chi connectivity index (χ0v) is 11.1. The lowest BCUT2D eigenvalue weighted by Gasteiger charge is -2.27. The topological polar surface area (TPSA) is 106 Å². The maximum atomic E-state index is 12.1. The van der Waals surface area contributed by atoms with Crippen LogP contribution in [0.2, 0.25) is 0 Å². The van der Waals surface area contributed by atoms with Gasteiger partial charge in [0.2, 0.25) is 0 Å². The molecule has 1 rings (SSSR count). The molecule has 0 radical (unpaired) electrons. The minimum Gasteiger partial charge on any atom is -0.409 e. The molecule has 0 fully saturated rings. The Labute approximate surface area is 106 Å². The molecule has 1 heterocycles. The third-order valence-corrected chi connectivity index (χ3v) is 3.03. The lowest BCUT2D eigenvalue weighted by Crippen LogP contribution is -2.55. The Hall–Kier alpha value is -2.05. The number of nitrogens with two attached hydrogens (primary N) is 1. The van der Waals surface area contributed by atoms with Crippen LogP contribution in [0, 0.1) is 6.92 Å². The summed E-state index contributed by atoms with van der Waals surface area (Å²) in [5.41, 5.74) is 5.82. The van der Waals surface area contributed by atoms with E-state index < -0.39 is 5.54 Å². The number of hydrogen-bond acceptors (Lipinski definition) is 4. The highest BCUT2D eigenvalue weighted by molar-refractivity contribution is 6.00. The van der Waals surface area contributed by atoms with Gasteiger partial charge in [-0.3, -0.25) is 9.48 Å². The van der Waals surface area contributed by atoms with Crippen LogP contribution in [0.4, 0.5) is 0 Å². The Morgan fingerprint density at radius 1 is 1.72 bits per heavy atom. The molecule has 1 aromatic heterocycles. The summed E-state index contributed by atoms with van der Waals surface area (Å²) < 4.78 is 1.57. The van der Waals surface area contributed by atoms with Crippen molar-refractivity contribution >= 4 is 11.7 Å². The van der Waals surface area contributed by atoms with Gasteiger partial charge in [-0.1, -0.05) is 12.1 Å². The Kier molecular flexibility index (Phi) is 3.95. The van der Waals surface area contributed by atoms with Crippen LogP contribution in [-0.4, -0.2) is 32.3 Å². The summed E-state index contributed by atoms with van der Waals surface area (Å²) in [6.45, 7) is 5.29. The molecule has 0 aliphatic carbocycles. The van der Waals surface area contributed by atoms with Gasteiger partial charge in [-0.15, -0.1) is 0 Å². The van der Waals surface area contributed by atoms with Crippen molar-refractivity contribution in [3.05, 3.63) is 17.5 Å². The fourth-order valence-electron chi connectivity index (χ4n) is 1.58. The van der Waals surface area contributed by atoms with Crippen molar-refractivity contribution in [2.75, 3.05) is 0 Å². The predicted molar refractivity (Wildman–Crippen MR) is 67.5 cm³/mol. The molecule has 1 aromatic rings. The first-order valence-corrected chi connectivity index (χ1v) is 5.64. The van der Waals surface area contributed by atoms with Gasteiger partial charge >= 0.3 is 0 Å². The van der Waals surface area contributed by atoms with Crippen molar-refractivity contribution in [2.24, 2.45) is 17.9 Å². The highest BCUT2D eigenvalue weighted by Gasteiger charge is 2.30. The lowest BCUT2D eigenvalue weighted by molar-refractivity contribution is 0.0924. The van der Waals surface area contributed by atoms with Crippen molar-refractivity contribution in [3.8, 4) is 0 Å². The number of aromatic nitrogens is 2. The zero-order valence-electron chi connectivity index (χ0n) is 11.1. The van der Waals surface area contributed by atoms with Crippen molar-refractivity contribution in [3.63, 3.8) is 0 Å². The minimum atomic E-state index is -0.881. The number of amides is 1. The third kappa shape index (κ3) is 2.61. The second kappa shape index (κ2) is 5.07. The number of oxime groups is 1. The average molecular weight is 253 g/mol. The highest BCUT2D eigenvalue weighted by atomic mass is 16.4. The maximum Gasteiger partial charge on any atom is 0.255 e. The van der Waals surface area contributed by atoms with E-state index in [4.69, 9.17) is 10.9 Å². The van der Waals surface area contributed by atoms with Crippen molar-refractivity contribution < 1.29 is 10.0 Å². The van der Waals surface area contributed by atoms with E-state index in [1.54, 1.807) is 31.8 Å². The lowest BCUT2D eigenvalue weighted by atomic mass is 9.97. The fourth-order valence-corrected chi connectivity index (χ4v) is 1.58. The molecule has 0 aliphatic rings. The van der Waals surface area contributed by atoms with Crippen LogP contribution < -0.4 is 11.1 Å². The van der Waals surface area contributed by atoms with Crippen molar-refractivity contribution in [1.29, 1.82) is 0 Å². The zero-order chi connectivity index (χ0) is 13.9. The molecule has 7 nitrogen and oxygen atoms in total. The van der Waals surface area contributed by atoms with Gasteiger partial charge in [-0.05, 0) is 20.3 Å². The number of nitrogens with zero attached hydrogens (tertiary/aromatic N) is 3. The van der Waals surface area contributed by atoms with E-state index in [1.165, 1.54) is 0 Å². The molecule has 0 bridgehead atoms. The first-order valence-electron chi connectivity index (χ1n) is 5.64. The number of carbonyl (C=O) groups excluding carboxylic acids is 1. The number of amidine groups is 1. The Morgan fingerprint density at radius 2 is 2.33 bits per heavy atom. The largest absolute Gasteiger partial charge is 0.409 e. The molecule has 0 saturated heterocycles. The van der Waals surface area contributed by atoms with Gasteiger partial charge in [-0.2, -0.15) is 5.10 Å². The summed E-state index contributed by atoms with van der Waals surface area (Å²) >= 11 is 0. The predicted octanol–water partition coefficient (Wildman–Crippen LogP) is 0.373. The van der Waals surface area contributed by atoms with E-state index in [2.05, 4.69) is 15.6 Å². The van der Waals surface area contributed by atoms with Gasteiger partial charge in [0.05, 0.1) is 16.8 Å². The molecule has 18 heavy (non-hydrogen) atoms. The number of hydrogen-bond donors (Lipinski definition) is 3. The Balaban J connectivity index is 2.97. The SMILES string of the molecule is CCC(C)(NC(=O)c1cn(C)nc1C)C(N)=NO. The van der Waals surface area contributed by atoms with Gasteiger partial charge in [0.1, 0.15) is 0 Å². The van der Waals surface area contributed by atoms with Gasteiger partial charge in [0, 0.05) is 13.2 Å². The molecule has 7 heteroatoms. The first-order chi connectivity index (χ1) is 8.34. The van der Waals surface area contributed by atoms with Crippen LogP contribution in [0.15, 0.2) is 11.4 Å². The normalized spacial score (nSPS) is 15.2. The number of carbonyl (C=O) groups is 1. The van der Waals surface area contributed by atoms with Gasteiger partial charge < -0.3 is 16.3 Å². The van der Waals surface area contributed by atoms with E-state index in [9.17, 15) is 4.79 Å². The molecule has 0 aromatic carbocycles. The molecule has 0 aliphatic heterocycles. The summed E-state index contributed by atoms with van der Waals surface area (Å²) in [5.74, 6) is -0.323. The van der Waals surface area contributed by atoms with Crippen LogP contribution in [0.25, 0.3) is 0 Å². The van der Waals surface area contributed by atoms with E-state index in [-0.39, 0.29) is 11.7 Å². The van der Waals surface area contributed by atoms with Crippen LogP contribution in [0.3, 0.4) is 0 Å². The number of nitrogens with one attached hydrogen (secondary N) is 1. The monoisotopic (exact) mass is 253 g/mol. The van der Waals surface area contributed by atoms with E-state index in [0.29, 0.717) is 17.7 Å². The maximum absolute atomic E-state index is 12.1. The molecule has 1 unspecified atom stereocenters. The number of aryl methyl sites for hydroxylation is 2. The van der Waals surface area contributed by atoms with Crippen LogP contribution in [-0.2, 0) is 7.05 Å². The highest BCUT2D eigenvalue weighted by Crippen LogP contribution is 2.12. The molecule has 0 saturated carbocycles. The van der Waals surface area contributed by atoms with Crippen LogP contribution in [0.5, 0.6) is 0 Å². The van der Waals surface area contributed by atoms with Crippen LogP contribution in [0.1, 0.15) is 36.3 Å². The van der Waals surface area contributed by atoms with E-state index in [0.717, 1.165) is 0 Å². The van der Waals surface area contributed by atoms with E-state index in [1.807, 2.05) is 6.92 Å². The summed E-state index contributed by atoms with van der Waals surface area (Å²) in [4.78, 5) is 12.1. The standard InChI is InChI=1S/C11H19N5O2/c1-5-11(3,10(12)15-18)13-9(17)8-6-16(4)14-7(8)2/h6,18H,5H2,1-4H3,(H2,12,15)(H,13,17).